The van der Waals surface area contributed by atoms with Crippen molar-refractivity contribution in [2.45, 2.75) is 12.5 Å². The average molecular weight is 299 g/mol. The lowest BCUT2D eigenvalue weighted by atomic mass is 10.1. The fraction of sp³-hybridized carbons (Fsp3) is 0.250. The first-order valence-electron chi connectivity index (χ1n) is 5.17. The molecule has 0 amide bonds. The van der Waals surface area contributed by atoms with Gasteiger partial charge in [-0.25, -0.2) is 9.37 Å². The van der Waals surface area contributed by atoms with Crippen LogP contribution in [0.25, 0.3) is 0 Å². The van der Waals surface area contributed by atoms with Crippen LogP contribution in [-0.4, -0.2) is 14.7 Å². The van der Waals surface area contributed by atoms with Crippen molar-refractivity contribution in [3.63, 3.8) is 0 Å². The molecule has 3 nitrogen and oxygen atoms in total. The van der Waals surface area contributed by atoms with Gasteiger partial charge in [0.15, 0.2) is 0 Å². The van der Waals surface area contributed by atoms with Crippen molar-refractivity contribution >= 4 is 15.9 Å². The highest BCUT2D eigenvalue weighted by molar-refractivity contribution is 9.10. The smallest absolute Gasteiger partial charge is 0.143 e. The van der Waals surface area contributed by atoms with Gasteiger partial charge < -0.3 is 9.67 Å². The van der Waals surface area contributed by atoms with E-state index in [0.29, 0.717) is 4.47 Å². The Labute approximate surface area is 107 Å². The number of benzene rings is 1. The molecule has 0 radical (unpaired) electrons. The molecule has 0 saturated heterocycles. The number of hydrogen-bond donors (Lipinski definition) is 1. The minimum absolute atomic E-state index is 0.280. The molecule has 0 spiro atoms. The van der Waals surface area contributed by atoms with Crippen LogP contribution in [0, 0.1) is 5.82 Å². The molecule has 1 heterocycles. The van der Waals surface area contributed by atoms with E-state index in [1.807, 2.05) is 7.05 Å². The van der Waals surface area contributed by atoms with Gasteiger partial charge in [0, 0.05) is 31.4 Å². The van der Waals surface area contributed by atoms with Crippen molar-refractivity contribution in [1.29, 1.82) is 0 Å². The van der Waals surface area contributed by atoms with Crippen molar-refractivity contribution in [3.8, 4) is 0 Å². The molecule has 1 aromatic carbocycles. The fourth-order valence-electron chi connectivity index (χ4n) is 1.65. The van der Waals surface area contributed by atoms with E-state index in [-0.39, 0.29) is 12.0 Å². The molecule has 0 aliphatic carbocycles. The zero-order valence-electron chi connectivity index (χ0n) is 9.27. The van der Waals surface area contributed by atoms with E-state index in [9.17, 15) is 9.50 Å². The van der Waals surface area contributed by atoms with Gasteiger partial charge in [0.1, 0.15) is 11.6 Å². The number of rotatable bonds is 3. The third kappa shape index (κ3) is 2.56. The average Bonchev–Trinajstić information content (AvgIpc) is 2.68. The van der Waals surface area contributed by atoms with E-state index in [4.69, 9.17) is 0 Å². The standard InChI is InChI=1S/C12H12BrFN2O/c1-16-6-5-15-11(16)7-10(17)8-3-2-4-9(13)12(8)14/h2-6,10,17H,7H2,1H3. The van der Waals surface area contributed by atoms with Crippen LogP contribution in [0.5, 0.6) is 0 Å². The van der Waals surface area contributed by atoms with Gasteiger partial charge in [-0.15, -0.1) is 0 Å². The number of aliphatic hydroxyl groups is 1. The molecule has 1 aromatic heterocycles. The number of halogens is 2. The maximum absolute atomic E-state index is 13.7. The van der Waals surface area contributed by atoms with Crippen molar-refractivity contribution in [2.75, 3.05) is 0 Å². The molecular weight excluding hydrogens is 287 g/mol. The van der Waals surface area contributed by atoms with Gasteiger partial charge in [0.25, 0.3) is 0 Å². The number of aryl methyl sites for hydroxylation is 1. The number of imidazole rings is 1. The van der Waals surface area contributed by atoms with E-state index in [1.54, 1.807) is 35.2 Å². The lowest BCUT2D eigenvalue weighted by Crippen LogP contribution is -2.08. The second-order valence-electron chi connectivity index (χ2n) is 3.82. The van der Waals surface area contributed by atoms with E-state index in [0.717, 1.165) is 5.82 Å². The monoisotopic (exact) mass is 298 g/mol. The van der Waals surface area contributed by atoms with E-state index >= 15 is 0 Å². The second kappa shape index (κ2) is 4.98. The maximum Gasteiger partial charge on any atom is 0.143 e. The summed E-state index contributed by atoms with van der Waals surface area (Å²) in [4.78, 5) is 4.10. The molecule has 0 aliphatic heterocycles. The van der Waals surface area contributed by atoms with Crippen LogP contribution in [0.3, 0.4) is 0 Å². The molecule has 90 valence electrons. The summed E-state index contributed by atoms with van der Waals surface area (Å²) in [6, 6.07) is 4.88. The highest BCUT2D eigenvalue weighted by atomic mass is 79.9. The van der Waals surface area contributed by atoms with Crippen molar-refractivity contribution in [1.82, 2.24) is 9.55 Å². The van der Waals surface area contributed by atoms with Crippen LogP contribution in [0.15, 0.2) is 35.1 Å². The van der Waals surface area contributed by atoms with Crippen LogP contribution in [-0.2, 0) is 13.5 Å². The molecule has 0 fully saturated rings. The predicted octanol–water partition coefficient (Wildman–Crippen LogP) is 2.60. The first-order valence-corrected chi connectivity index (χ1v) is 5.97. The molecule has 2 rings (SSSR count). The summed E-state index contributed by atoms with van der Waals surface area (Å²) in [5, 5.41) is 10.0. The molecule has 1 unspecified atom stereocenters. The molecule has 0 bridgehead atoms. The largest absolute Gasteiger partial charge is 0.388 e. The maximum atomic E-state index is 13.7. The van der Waals surface area contributed by atoms with E-state index < -0.39 is 11.9 Å². The first-order chi connectivity index (χ1) is 8.09. The molecule has 5 heteroatoms. The van der Waals surface area contributed by atoms with Gasteiger partial charge in [-0.3, -0.25) is 0 Å². The van der Waals surface area contributed by atoms with Gasteiger partial charge in [-0.1, -0.05) is 12.1 Å². The molecule has 1 N–H and O–H groups in total. The quantitative estimate of drug-likeness (QED) is 0.946. The Kier molecular flexibility index (Phi) is 3.59. The number of aliphatic hydroxyl groups excluding tert-OH is 1. The van der Waals surface area contributed by atoms with Crippen LogP contribution >= 0.6 is 15.9 Å². The fourth-order valence-corrected chi connectivity index (χ4v) is 2.04. The van der Waals surface area contributed by atoms with Crippen LogP contribution in [0.4, 0.5) is 4.39 Å². The molecule has 17 heavy (non-hydrogen) atoms. The van der Waals surface area contributed by atoms with Gasteiger partial charge in [0.05, 0.1) is 10.6 Å². The normalized spacial score (nSPS) is 12.7. The summed E-state index contributed by atoms with van der Waals surface area (Å²) < 4.78 is 15.9. The number of hydrogen-bond acceptors (Lipinski definition) is 2. The Morgan fingerprint density at radius 3 is 2.94 bits per heavy atom. The summed E-state index contributed by atoms with van der Waals surface area (Å²) >= 11 is 3.10. The zero-order chi connectivity index (χ0) is 12.4. The number of nitrogens with zero attached hydrogens (tertiary/aromatic N) is 2. The molecule has 0 aliphatic rings. The van der Waals surface area contributed by atoms with E-state index in [2.05, 4.69) is 20.9 Å². The lowest BCUT2D eigenvalue weighted by Gasteiger charge is -2.12. The van der Waals surface area contributed by atoms with Gasteiger partial charge in [0.2, 0.25) is 0 Å². The Hall–Kier alpha value is -1.20. The summed E-state index contributed by atoms with van der Waals surface area (Å²) in [6.45, 7) is 0. The SMILES string of the molecule is Cn1ccnc1CC(O)c1cccc(Br)c1F. The Balaban J connectivity index is 2.23. The molecule has 1 atom stereocenters. The summed E-state index contributed by atoms with van der Waals surface area (Å²) in [7, 11) is 1.84. The summed E-state index contributed by atoms with van der Waals surface area (Å²) in [5.74, 6) is 0.297. The summed E-state index contributed by atoms with van der Waals surface area (Å²) in [6.07, 6.45) is 2.84. The minimum atomic E-state index is -0.895. The Morgan fingerprint density at radius 1 is 1.53 bits per heavy atom. The van der Waals surface area contributed by atoms with Gasteiger partial charge in [-0.2, -0.15) is 0 Å². The van der Waals surface area contributed by atoms with E-state index in [1.165, 1.54) is 0 Å². The van der Waals surface area contributed by atoms with Crippen molar-refractivity contribution in [3.05, 3.63) is 52.3 Å². The zero-order valence-corrected chi connectivity index (χ0v) is 10.9. The van der Waals surface area contributed by atoms with Crippen LogP contribution in [0.1, 0.15) is 17.5 Å². The van der Waals surface area contributed by atoms with Gasteiger partial charge >= 0.3 is 0 Å². The molecule has 0 saturated carbocycles. The Morgan fingerprint density at radius 2 is 2.29 bits per heavy atom. The van der Waals surface area contributed by atoms with Crippen molar-refractivity contribution in [2.24, 2.45) is 7.05 Å². The van der Waals surface area contributed by atoms with Crippen LogP contribution in [0.2, 0.25) is 0 Å². The highest BCUT2D eigenvalue weighted by Crippen LogP contribution is 2.25. The van der Waals surface area contributed by atoms with Crippen LogP contribution < -0.4 is 0 Å². The predicted molar refractivity (Wildman–Crippen MR) is 66.0 cm³/mol. The lowest BCUT2D eigenvalue weighted by molar-refractivity contribution is 0.170. The van der Waals surface area contributed by atoms with Gasteiger partial charge in [-0.05, 0) is 22.0 Å². The summed E-state index contributed by atoms with van der Waals surface area (Å²) in [5.41, 5.74) is 0.280. The number of aromatic nitrogens is 2. The third-order valence-corrected chi connectivity index (χ3v) is 3.25. The second-order valence-corrected chi connectivity index (χ2v) is 4.67. The first kappa shape index (κ1) is 12.3. The van der Waals surface area contributed by atoms with Crippen molar-refractivity contribution < 1.29 is 9.50 Å². The Bertz CT molecular complexity index is 527. The minimum Gasteiger partial charge on any atom is -0.388 e. The molecule has 2 aromatic rings. The highest BCUT2D eigenvalue weighted by Gasteiger charge is 2.16. The third-order valence-electron chi connectivity index (χ3n) is 2.64. The molecular formula is C12H12BrFN2O. The topological polar surface area (TPSA) is 38.0 Å².